The molecule has 0 bridgehead atoms. The summed E-state index contributed by atoms with van der Waals surface area (Å²) < 4.78 is 5.72. The second kappa shape index (κ2) is 7.70. The summed E-state index contributed by atoms with van der Waals surface area (Å²) in [5, 5.41) is 3.34. The summed E-state index contributed by atoms with van der Waals surface area (Å²) in [6, 6.07) is 0.525. The van der Waals surface area contributed by atoms with Gasteiger partial charge in [-0.25, -0.2) is 0 Å². The van der Waals surface area contributed by atoms with Crippen LogP contribution < -0.4 is 11.1 Å². The van der Waals surface area contributed by atoms with Crippen molar-refractivity contribution in [3.63, 3.8) is 0 Å². The lowest BCUT2D eigenvalue weighted by Gasteiger charge is -2.31. The molecule has 0 spiro atoms. The van der Waals surface area contributed by atoms with Gasteiger partial charge in [0.15, 0.2) is 5.96 Å². The number of hydrogen-bond acceptors (Lipinski definition) is 3. The van der Waals surface area contributed by atoms with Gasteiger partial charge in [0.2, 0.25) is 0 Å². The summed E-state index contributed by atoms with van der Waals surface area (Å²) in [4.78, 5) is 6.84. The molecule has 0 aromatic carbocycles. The minimum atomic E-state index is 0.195. The van der Waals surface area contributed by atoms with Crippen LogP contribution in [0.15, 0.2) is 4.99 Å². The van der Waals surface area contributed by atoms with Gasteiger partial charge in [-0.15, -0.1) is 0 Å². The number of guanidine groups is 1. The largest absolute Gasteiger partial charge is 0.374 e. The van der Waals surface area contributed by atoms with E-state index in [4.69, 9.17) is 10.5 Å². The van der Waals surface area contributed by atoms with E-state index in [1.807, 2.05) is 0 Å². The Balaban J connectivity index is 1.71. The molecule has 1 saturated carbocycles. The highest BCUT2D eigenvalue weighted by Crippen LogP contribution is 2.17. The molecule has 1 atom stereocenters. The van der Waals surface area contributed by atoms with Crippen molar-refractivity contribution in [1.82, 2.24) is 10.2 Å². The third-order valence-corrected chi connectivity index (χ3v) is 4.09. The molecular weight excluding hydrogens is 240 g/mol. The van der Waals surface area contributed by atoms with Gasteiger partial charge in [-0.1, -0.05) is 26.2 Å². The molecule has 3 N–H and O–H groups in total. The van der Waals surface area contributed by atoms with Crippen molar-refractivity contribution < 1.29 is 4.74 Å². The number of ether oxygens (including phenoxy) is 1. The number of nitrogens with two attached hydrogens (primary N) is 1. The standard InChI is InChI=1S/C14H28N4O/c1-2-18-8-9-19-13(11-18)10-16-14(15)17-12-6-4-3-5-7-12/h12-13H,2-11H2,1H3,(H3,15,16,17). The number of hydrogen-bond donors (Lipinski definition) is 2. The van der Waals surface area contributed by atoms with Crippen LogP contribution in [-0.2, 0) is 4.74 Å². The molecule has 1 heterocycles. The van der Waals surface area contributed by atoms with Crippen LogP contribution >= 0.6 is 0 Å². The van der Waals surface area contributed by atoms with E-state index in [0.29, 0.717) is 18.5 Å². The Bertz CT molecular complexity index is 289. The Kier molecular flexibility index (Phi) is 5.92. The van der Waals surface area contributed by atoms with Gasteiger partial charge in [0.05, 0.1) is 19.3 Å². The van der Waals surface area contributed by atoms with Gasteiger partial charge in [0.1, 0.15) is 0 Å². The van der Waals surface area contributed by atoms with Crippen LogP contribution in [0.1, 0.15) is 39.0 Å². The molecule has 1 unspecified atom stereocenters. The van der Waals surface area contributed by atoms with Crippen molar-refractivity contribution >= 4 is 5.96 Å². The van der Waals surface area contributed by atoms with Crippen LogP contribution in [0.3, 0.4) is 0 Å². The molecule has 1 aliphatic carbocycles. The first-order valence-electron chi connectivity index (χ1n) is 7.68. The fraction of sp³-hybridized carbons (Fsp3) is 0.929. The summed E-state index contributed by atoms with van der Waals surface area (Å²) in [5.41, 5.74) is 5.96. The second-order valence-electron chi connectivity index (χ2n) is 5.59. The summed E-state index contributed by atoms with van der Waals surface area (Å²) in [7, 11) is 0. The predicted octanol–water partition coefficient (Wildman–Crippen LogP) is 0.944. The van der Waals surface area contributed by atoms with Gasteiger partial charge < -0.3 is 15.8 Å². The van der Waals surface area contributed by atoms with E-state index in [2.05, 4.69) is 22.1 Å². The summed E-state index contributed by atoms with van der Waals surface area (Å²) >= 11 is 0. The van der Waals surface area contributed by atoms with E-state index in [0.717, 1.165) is 26.2 Å². The zero-order valence-electron chi connectivity index (χ0n) is 12.1. The van der Waals surface area contributed by atoms with Crippen molar-refractivity contribution in [3.8, 4) is 0 Å². The van der Waals surface area contributed by atoms with Crippen LogP contribution in [0, 0.1) is 0 Å². The Hall–Kier alpha value is -0.810. The van der Waals surface area contributed by atoms with Crippen molar-refractivity contribution in [1.29, 1.82) is 0 Å². The van der Waals surface area contributed by atoms with Gasteiger partial charge in [0.25, 0.3) is 0 Å². The van der Waals surface area contributed by atoms with E-state index in [1.165, 1.54) is 32.1 Å². The van der Waals surface area contributed by atoms with Crippen molar-refractivity contribution in [3.05, 3.63) is 0 Å². The highest BCUT2D eigenvalue weighted by molar-refractivity contribution is 5.78. The van der Waals surface area contributed by atoms with E-state index in [1.54, 1.807) is 0 Å². The van der Waals surface area contributed by atoms with Crippen LogP contribution in [0.2, 0.25) is 0 Å². The third kappa shape index (κ3) is 4.99. The van der Waals surface area contributed by atoms with E-state index in [9.17, 15) is 0 Å². The summed E-state index contributed by atoms with van der Waals surface area (Å²) in [6.07, 6.45) is 6.61. The quantitative estimate of drug-likeness (QED) is 0.588. The van der Waals surface area contributed by atoms with E-state index >= 15 is 0 Å². The maximum atomic E-state index is 5.96. The van der Waals surface area contributed by atoms with Gasteiger partial charge in [-0.3, -0.25) is 9.89 Å². The Morgan fingerprint density at radius 3 is 2.89 bits per heavy atom. The van der Waals surface area contributed by atoms with Gasteiger partial charge in [0, 0.05) is 19.1 Å². The SMILES string of the molecule is CCN1CCOC(CN=C(N)NC2CCCCC2)C1. The Morgan fingerprint density at radius 2 is 2.16 bits per heavy atom. The maximum absolute atomic E-state index is 5.96. The van der Waals surface area contributed by atoms with Gasteiger partial charge in [-0.2, -0.15) is 0 Å². The van der Waals surface area contributed by atoms with E-state index in [-0.39, 0.29) is 6.10 Å². The van der Waals surface area contributed by atoms with E-state index < -0.39 is 0 Å². The number of rotatable bonds is 4. The molecule has 2 fully saturated rings. The highest BCUT2D eigenvalue weighted by Gasteiger charge is 2.19. The molecule has 0 aromatic rings. The van der Waals surface area contributed by atoms with Gasteiger partial charge in [-0.05, 0) is 19.4 Å². The first-order valence-corrected chi connectivity index (χ1v) is 7.68. The molecule has 5 heteroatoms. The Morgan fingerprint density at radius 1 is 1.37 bits per heavy atom. The molecule has 1 saturated heterocycles. The molecule has 0 radical (unpaired) electrons. The zero-order valence-corrected chi connectivity index (χ0v) is 12.1. The molecule has 2 aliphatic rings. The fourth-order valence-corrected chi connectivity index (χ4v) is 2.88. The second-order valence-corrected chi connectivity index (χ2v) is 5.59. The van der Waals surface area contributed by atoms with Crippen LogP contribution in [0.4, 0.5) is 0 Å². The lowest BCUT2D eigenvalue weighted by Crippen LogP contribution is -2.45. The topological polar surface area (TPSA) is 62.9 Å². The lowest BCUT2D eigenvalue weighted by atomic mass is 9.96. The van der Waals surface area contributed by atoms with Crippen molar-refractivity contribution in [2.45, 2.75) is 51.2 Å². The molecule has 2 rings (SSSR count). The van der Waals surface area contributed by atoms with Crippen molar-refractivity contribution in [2.24, 2.45) is 10.7 Å². The molecule has 1 aliphatic heterocycles. The van der Waals surface area contributed by atoms with Crippen LogP contribution in [0.5, 0.6) is 0 Å². The van der Waals surface area contributed by atoms with Gasteiger partial charge >= 0.3 is 0 Å². The molecule has 5 nitrogen and oxygen atoms in total. The smallest absolute Gasteiger partial charge is 0.188 e. The predicted molar refractivity (Wildman–Crippen MR) is 78.4 cm³/mol. The number of likely N-dealkylation sites (N-methyl/N-ethyl adjacent to an activating group) is 1. The van der Waals surface area contributed by atoms with Crippen molar-refractivity contribution in [2.75, 3.05) is 32.8 Å². The Labute approximate surface area is 116 Å². The first-order chi connectivity index (χ1) is 9.28. The normalized spacial score (nSPS) is 27.4. The average Bonchev–Trinajstić information content (AvgIpc) is 2.46. The number of nitrogens with zero attached hydrogens (tertiary/aromatic N) is 2. The number of morpholine rings is 1. The average molecular weight is 268 g/mol. The van der Waals surface area contributed by atoms with Crippen LogP contribution in [-0.4, -0.2) is 55.8 Å². The summed E-state index contributed by atoms with van der Waals surface area (Å²) in [5.74, 6) is 0.587. The number of aliphatic imine (C=N–C) groups is 1. The zero-order chi connectivity index (χ0) is 13.5. The molecule has 110 valence electrons. The minimum Gasteiger partial charge on any atom is -0.374 e. The maximum Gasteiger partial charge on any atom is 0.188 e. The molecular formula is C14H28N4O. The first kappa shape index (κ1) is 14.6. The van der Waals surface area contributed by atoms with Crippen LogP contribution in [0.25, 0.3) is 0 Å². The highest BCUT2D eigenvalue weighted by atomic mass is 16.5. The monoisotopic (exact) mass is 268 g/mol. The third-order valence-electron chi connectivity index (χ3n) is 4.09. The molecule has 19 heavy (non-hydrogen) atoms. The fourth-order valence-electron chi connectivity index (χ4n) is 2.88. The molecule has 0 aromatic heterocycles. The minimum absolute atomic E-state index is 0.195. The number of nitrogens with one attached hydrogen (secondary N) is 1. The lowest BCUT2D eigenvalue weighted by molar-refractivity contribution is -0.0210. The molecule has 0 amide bonds. The summed E-state index contributed by atoms with van der Waals surface area (Å²) in [6.45, 7) is 6.75.